The first-order chi connectivity index (χ1) is 12.1. The summed E-state index contributed by atoms with van der Waals surface area (Å²) in [7, 11) is 2.12. The highest BCUT2D eigenvalue weighted by Crippen LogP contribution is 2.30. The van der Waals surface area contributed by atoms with Crippen LogP contribution in [0.5, 0.6) is 0 Å². The van der Waals surface area contributed by atoms with E-state index in [1.165, 1.54) is 0 Å². The van der Waals surface area contributed by atoms with Crippen LogP contribution in [0.1, 0.15) is 19.3 Å². The minimum absolute atomic E-state index is 0.0512. The molecule has 0 amide bonds. The number of allylic oxidation sites excluding steroid dienone is 1. The molecule has 4 aliphatic rings. The van der Waals surface area contributed by atoms with Gasteiger partial charge in [-0.25, -0.2) is 0 Å². The van der Waals surface area contributed by atoms with Crippen molar-refractivity contribution in [2.24, 2.45) is 4.99 Å². The third kappa shape index (κ3) is 3.52. The topological polar surface area (TPSA) is 65.0 Å². The average molecular weight is 342 g/mol. The van der Waals surface area contributed by atoms with Crippen molar-refractivity contribution in [3.8, 4) is 0 Å². The fourth-order valence-electron chi connectivity index (χ4n) is 4.09. The van der Waals surface area contributed by atoms with Gasteiger partial charge in [0.2, 0.25) is 0 Å². The zero-order valence-corrected chi connectivity index (χ0v) is 14.8. The van der Waals surface area contributed by atoms with Crippen LogP contribution in [0.2, 0.25) is 0 Å². The number of rotatable bonds is 3. The molecule has 3 heterocycles. The predicted octanol–water partition coefficient (Wildman–Crippen LogP) is 0.204. The van der Waals surface area contributed by atoms with Gasteiger partial charge in [-0.3, -0.25) is 19.5 Å². The van der Waals surface area contributed by atoms with E-state index in [2.05, 4.69) is 28.2 Å². The number of fused-ring (bicyclic) bond motifs is 2. The summed E-state index contributed by atoms with van der Waals surface area (Å²) in [6.45, 7) is 5.20. The fraction of sp³-hybridized carbons (Fsp3) is 0.632. The molecular formula is C19H26N4O2. The lowest BCUT2D eigenvalue weighted by Crippen LogP contribution is -2.54. The monoisotopic (exact) mass is 342 g/mol. The predicted molar refractivity (Wildman–Crippen MR) is 97.0 cm³/mol. The van der Waals surface area contributed by atoms with Crippen LogP contribution in [0.15, 0.2) is 28.3 Å². The average Bonchev–Trinajstić information content (AvgIpc) is 2.61. The number of carbonyl (C=O) groups is 2. The van der Waals surface area contributed by atoms with E-state index in [0.29, 0.717) is 13.0 Å². The Morgan fingerprint density at radius 1 is 1.24 bits per heavy atom. The van der Waals surface area contributed by atoms with Crippen molar-refractivity contribution in [1.82, 2.24) is 15.1 Å². The van der Waals surface area contributed by atoms with Crippen LogP contribution in [-0.4, -0.2) is 85.5 Å². The molecule has 0 bridgehead atoms. The van der Waals surface area contributed by atoms with Gasteiger partial charge in [-0.1, -0.05) is 6.08 Å². The number of carbonyl (C=O) groups excluding carboxylic acids is 2. The molecule has 0 aromatic rings. The summed E-state index contributed by atoms with van der Waals surface area (Å²) in [6, 6.07) is -0.242. The SMILES string of the molecule is CN1CCN(CC(=O)C2NCCC3=CC4=CC(=O)CCC4N=C32)CC1. The van der Waals surface area contributed by atoms with Crippen molar-refractivity contribution in [2.75, 3.05) is 46.3 Å². The zero-order valence-electron chi connectivity index (χ0n) is 14.8. The molecule has 0 aromatic carbocycles. The van der Waals surface area contributed by atoms with Crippen LogP contribution in [0.3, 0.4) is 0 Å². The van der Waals surface area contributed by atoms with Crippen molar-refractivity contribution in [2.45, 2.75) is 31.3 Å². The normalized spacial score (nSPS) is 30.8. The molecule has 25 heavy (non-hydrogen) atoms. The maximum Gasteiger partial charge on any atom is 0.169 e. The lowest BCUT2D eigenvalue weighted by molar-refractivity contribution is -0.121. The van der Waals surface area contributed by atoms with Crippen LogP contribution in [0.4, 0.5) is 0 Å². The number of piperazine rings is 1. The first kappa shape index (κ1) is 16.8. The summed E-state index contributed by atoms with van der Waals surface area (Å²) in [6.07, 6.45) is 6.04. The molecule has 2 saturated heterocycles. The summed E-state index contributed by atoms with van der Waals surface area (Å²) < 4.78 is 0. The largest absolute Gasteiger partial charge is 0.304 e. The second kappa shape index (κ2) is 6.94. The molecule has 0 saturated carbocycles. The zero-order chi connectivity index (χ0) is 17.4. The van der Waals surface area contributed by atoms with E-state index in [9.17, 15) is 9.59 Å². The molecule has 2 atom stereocenters. The third-order valence-electron chi connectivity index (χ3n) is 5.65. The minimum atomic E-state index is -0.293. The molecule has 2 unspecified atom stereocenters. The number of hydrogen-bond donors (Lipinski definition) is 1. The lowest BCUT2D eigenvalue weighted by atomic mass is 9.84. The van der Waals surface area contributed by atoms with Gasteiger partial charge in [-0.15, -0.1) is 0 Å². The van der Waals surface area contributed by atoms with Gasteiger partial charge in [0, 0.05) is 39.1 Å². The van der Waals surface area contributed by atoms with E-state index in [-0.39, 0.29) is 23.7 Å². The minimum Gasteiger partial charge on any atom is -0.304 e. The molecule has 2 fully saturated rings. The second-order valence-electron chi connectivity index (χ2n) is 7.53. The molecule has 6 heteroatoms. The fourth-order valence-corrected chi connectivity index (χ4v) is 4.09. The van der Waals surface area contributed by atoms with Crippen molar-refractivity contribution in [3.63, 3.8) is 0 Å². The summed E-state index contributed by atoms with van der Waals surface area (Å²) in [5.74, 6) is 0.409. The summed E-state index contributed by atoms with van der Waals surface area (Å²) >= 11 is 0. The van der Waals surface area contributed by atoms with Crippen molar-refractivity contribution in [3.05, 3.63) is 23.3 Å². The number of nitrogens with one attached hydrogen (secondary N) is 1. The molecule has 6 nitrogen and oxygen atoms in total. The summed E-state index contributed by atoms with van der Waals surface area (Å²) in [5, 5.41) is 3.38. The van der Waals surface area contributed by atoms with E-state index >= 15 is 0 Å². The number of Topliss-reactive ketones (excluding diaryl/α,β-unsaturated/α-hetero) is 1. The van der Waals surface area contributed by atoms with Gasteiger partial charge in [0.25, 0.3) is 0 Å². The second-order valence-corrected chi connectivity index (χ2v) is 7.53. The van der Waals surface area contributed by atoms with Crippen molar-refractivity contribution in [1.29, 1.82) is 0 Å². The number of dihydropyridines is 1. The van der Waals surface area contributed by atoms with Crippen LogP contribution in [0, 0.1) is 0 Å². The van der Waals surface area contributed by atoms with E-state index < -0.39 is 0 Å². The number of nitrogens with zero attached hydrogens (tertiary/aromatic N) is 3. The van der Waals surface area contributed by atoms with Gasteiger partial charge in [-0.05, 0) is 37.1 Å². The highest BCUT2D eigenvalue weighted by Gasteiger charge is 2.35. The van der Waals surface area contributed by atoms with Gasteiger partial charge in [0.05, 0.1) is 18.3 Å². The first-order valence-corrected chi connectivity index (χ1v) is 9.30. The first-order valence-electron chi connectivity index (χ1n) is 9.30. The van der Waals surface area contributed by atoms with E-state index in [1.54, 1.807) is 6.08 Å². The molecule has 134 valence electrons. The molecule has 3 aliphatic heterocycles. The maximum absolute atomic E-state index is 12.9. The number of aliphatic imine (C=N–C) groups is 1. The number of piperidine rings is 1. The maximum atomic E-state index is 12.9. The van der Waals surface area contributed by atoms with E-state index in [0.717, 1.165) is 62.4 Å². The van der Waals surface area contributed by atoms with Gasteiger partial charge in [-0.2, -0.15) is 0 Å². The summed E-state index contributed by atoms with van der Waals surface area (Å²) in [5.41, 5.74) is 3.08. The molecule has 4 rings (SSSR count). The van der Waals surface area contributed by atoms with Gasteiger partial charge >= 0.3 is 0 Å². The Balaban J connectivity index is 1.49. The van der Waals surface area contributed by atoms with Gasteiger partial charge in [0.1, 0.15) is 6.04 Å². The number of hydrogen-bond acceptors (Lipinski definition) is 6. The number of ketones is 2. The number of likely N-dealkylation sites (N-methyl/N-ethyl adjacent to an activating group) is 1. The summed E-state index contributed by atoms with van der Waals surface area (Å²) in [4.78, 5) is 34.0. The molecule has 0 spiro atoms. The highest BCUT2D eigenvalue weighted by atomic mass is 16.1. The van der Waals surface area contributed by atoms with Crippen LogP contribution < -0.4 is 5.32 Å². The highest BCUT2D eigenvalue weighted by molar-refractivity contribution is 6.18. The van der Waals surface area contributed by atoms with Crippen molar-refractivity contribution < 1.29 is 9.59 Å². The molecule has 1 aliphatic carbocycles. The third-order valence-corrected chi connectivity index (χ3v) is 5.65. The van der Waals surface area contributed by atoms with Crippen LogP contribution >= 0.6 is 0 Å². The van der Waals surface area contributed by atoms with Crippen LogP contribution in [0.25, 0.3) is 0 Å². The quantitative estimate of drug-likeness (QED) is 0.794. The Morgan fingerprint density at radius 3 is 2.84 bits per heavy atom. The van der Waals surface area contributed by atoms with Crippen molar-refractivity contribution >= 4 is 17.3 Å². The molecule has 0 radical (unpaired) electrons. The lowest BCUT2D eigenvalue weighted by Gasteiger charge is -2.35. The molecule has 0 aromatic heterocycles. The van der Waals surface area contributed by atoms with Gasteiger partial charge in [0.15, 0.2) is 11.6 Å². The Hall–Kier alpha value is -1.63. The van der Waals surface area contributed by atoms with E-state index in [1.807, 2.05) is 0 Å². The smallest absolute Gasteiger partial charge is 0.169 e. The Bertz CT molecular complexity index is 671. The Labute approximate surface area is 148 Å². The Morgan fingerprint density at radius 2 is 2.04 bits per heavy atom. The molecular weight excluding hydrogens is 316 g/mol. The van der Waals surface area contributed by atoms with E-state index in [4.69, 9.17) is 4.99 Å². The van der Waals surface area contributed by atoms with Gasteiger partial charge < -0.3 is 10.2 Å². The standard InChI is InChI=1S/C19H26N4O2/c1-22-6-8-23(9-7-22)12-17(25)19-18-13(4-5-20-19)10-14-11-15(24)2-3-16(14)21-18/h10-11,16,19-20H,2-9,12H2,1H3. The van der Waals surface area contributed by atoms with Crippen LogP contribution in [-0.2, 0) is 9.59 Å². The molecule has 1 N–H and O–H groups in total. The Kier molecular flexibility index (Phi) is 4.67.